The average Bonchev–Trinajstić information content (AvgIpc) is 3.01. The van der Waals surface area contributed by atoms with E-state index in [4.69, 9.17) is 4.89 Å². The molecule has 0 saturated carbocycles. The first kappa shape index (κ1) is 45.1. The van der Waals surface area contributed by atoms with E-state index in [-0.39, 0.29) is 10.8 Å². The second-order valence-electron chi connectivity index (χ2n) is 16.9. The van der Waals surface area contributed by atoms with Gasteiger partial charge >= 0.3 is 8.25 Å². The number of phenols is 1. The van der Waals surface area contributed by atoms with Gasteiger partial charge in [-0.25, -0.2) is 0 Å². The Kier molecular flexibility index (Phi) is 26.0. The summed E-state index contributed by atoms with van der Waals surface area (Å²) < 4.78 is 15.1. The van der Waals surface area contributed by atoms with E-state index in [1.807, 2.05) is 0 Å². The van der Waals surface area contributed by atoms with Crippen molar-refractivity contribution in [2.45, 2.75) is 232 Å². The van der Waals surface area contributed by atoms with Crippen LogP contribution in [0.4, 0.5) is 0 Å². The normalized spacial score (nSPS) is 12.6. The third-order valence-corrected chi connectivity index (χ3v) is 10.5. The number of rotatable bonds is 31. The fraction of sp³-hybridized carbons (Fsp3) is 0.860. The number of aromatic hydroxyl groups is 1. The predicted molar refractivity (Wildman–Crippen MR) is 210 cm³/mol. The number of benzene rings is 1. The van der Waals surface area contributed by atoms with Crippen LogP contribution >= 0.6 is 8.25 Å². The number of hydrogen-bond donors (Lipinski definition) is 2. The quantitative estimate of drug-likeness (QED) is 0.0601. The van der Waals surface area contributed by atoms with Crippen LogP contribution in [0.3, 0.4) is 0 Å². The van der Waals surface area contributed by atoms with E-state index in [2.05, 4.69) is 58.2 Å². The summed E-state index contributed by atoms with van der Waals surface area (Å²) in [6, 6.07) is 4.52. The van der Waals surface area contributed by atoms with Crippen LogP contribution in [0.15, 0.2) is 12.1 Å². The number of unbranched alkanes of at least 4 members (excludes halogenated alkanes) is 26. The lowest BCUT2D eigenvalue weighted by Gasteiger charge is -2.28. The summed E-state index contributed by atoms with van der Waals surface area (Å²) in [5.41, 5.74) is 3.49. The van der Waals surface area contributed by atoms with E-state index in [1.165, 1.54) is 166 Å². The molecule has 0 fully saturated rings. The van der Waals surface area contributed by atoms with Gasteiger partial charge in [0.25, 0.3) is 0 Å². The van der Waals surface area contributed by atoms with Crippen molar-refractivity contribution in [3.05, 3.63) is 28.8 Å². The molecule has 0 bridgehead atoms. The summed E-state index contributed by atoms with van der Waals surface area (Å²) in [5.74, 6) is 0.500. The van der Waals surface area contributed by atoms with Crippen LogP contribution in [-0.2, 0) is 26.3 Å². The molecule has 0 aliphatic heterocycles. The van der Waals surface area contributed by atoms with Gasteiger partial charge < -0.3 is 5.11 Å². The van der Waals surface area contributed by atoms with Crippen LogP contribution in [-0.4, -0.2) is 16.6 Å². The Balaban J connectivity index is 1.84. The molecule has 1 rings (SSSR count). The van der Waals surface area contributed by atoms with Gasteiger partial charge in [0.05, 0.1) is 0 Å². The lowest BCUT2D eigenvalue weighted by molar-refractivity contribution is 0.273. The molecule has 1 unspecified atom stereocenters. The Hall–Kier alpha value is -0.960. The third-order valence-electron chi connectivity index (χ3n) is 10.1. The van der Waals surface area contributed by atoms with Crippen molar-refractivity contribution in [3.8, 4) is 5.75 Å². The average molecular weight is 692 g/mol. The van der Waals surface area contributed by atoms with Gasteiger partial charge in [0, 0.05) is 4.57 Å². The lowest BCUT2D eigenvalue weighted by Crippen LogP contribution is -2.18. The highest BCUT2D eigenvalue weighted by Crippen LogP contribution is 2.40. The van der Waals surface area contributed by atoms with Crippen LogP contribution in [0.25, 0.3) is 0 Å². The molecular weight excluding hydrogens is 611 g/mol. The maximum atomic E-state index is 11.0. The standard InChI is InChI=1S/C43H79O4P/c1-42(2,3)39-36-38(37-40(41(39)44)43(4,5)6)34-32-30-28-26-24-22-20-18-16-14-12-10-8-7-9-11-13-15-17-19-21-23-25-27-29-31-33-35-47-48(45)46/h36-37H,7-35H2,1-6H3,(H-,44,45,46)/p+1. The molecule has 4 nitrogen and oxygen atoms in total. The van der Waals surface area contributed by atoms with Crippen LogP contribution in [0.2, 0.25) is 0 Å². The highest BCUT2D eigenvalue weighted by Gasteiger charge is 2.26. The molecule has 1 atom stereocenters. The zero-order valence-electron chi connectivity index (χ0n) is 32.8. The van der Waals surface area contributed by atoms with Gasteiger partial charge in [-0.1, -0.05) is 214 Å². The largest absolute Gasteiger partial charge is 0.694 e. The van der Waals surface area contributed by atoms with Gasteiger partial charge in [-0.3, -0.25) is 0 Å². The summed E-state index contributed by atoms with van der Waals surface area (Å²) in [6.45, 7) is 13.6. The van der Waals surface area contributed by atoms with E-state index >= 15 is 0 Å². The molecule has 1 aromatic rings. The van der Waals surface area contributed by atoms with Crippen molar-refractivity contribution >= 4 is 8.25 Å². The fourth-order valence-electron chi connectivity index (χ4n) is 6.98. The zero-order chi connectivity index (χ0) is 35.5. The lowest BCUT2D eigenvalue weighted by atomic mass is 9.78. The van der Waals surface area contributed by atoms with Crippen molar-refractivity contribution in [1.82, 2.24) is 0 Å². The molecule has 0 amide bonds. The van der Waals surface area contributed by atoms with Crippen LogP contribution in [0, 0.1) is 0 Å². The second kappa shape index (κ2) is 27.7. The Bertz CT molecular complexity index is 895. The molecule has 280 valence electrons. The molecule has 0 aromatic heterocycles. The smallest absolute Gasteiger partial charge is 0.507 e. The molecule has 48 heavy (non-hydrogen) atoms. The van der Waals surface area contributed by atoms with Crippen molar-refractivity contribution in [2.24, 2.45) is 0 Å². The summed E-state index contributed by atoms with van der Waals surface area (Å²) in [6.07, 6.45) is 37.9. The maximum Gasteiger partial charge on any atom is 0.694 e. The minimum Gasteiger partial charge on any atom is -0.507 e. The van der Waals surface area contributed by atoms with Gasteiger partial charge in [0.1, 0.15) is 12.4 Å². The summed E-state index contributed by atoms with van der Waals surface area (Å²) in [4.78, 5) is 8.58. The Morgan fingerprint density at radius 1 is 0.479 bits per heavy atom. The molecule has 2 N–H and O–H groups in total. The van der Waals surface area contributed by atoms with Gasteiger partial charge in [-0.05, 0) is 46.8 Å². The van der Waals surface area contributed by atoms with Crippen molar-refractivity contribution in [3.63, 3.8) is 0 Å². The summed E-state index contributed by atoms with van der Waals surface area (Å²) in [7, 11) is -2.41. The minimum atomic E-state index is -2.41. The number of hydrogen-bond acceptors (Lipinski definition) is 3. The van der Waals surface area contributed by atoms with E-state index in [9.17, 15) is 9.67 Å². The monoisotopic (exact) mass is 692 g/mol. The van der Waals surface area contributed by atoms with E-state index in [1.54, 1.807) is 0 Å². The highest BCUT2D eigenvalue weighted by molar-refractivity contribution is 7.32. The van der Waals surface area contributed by atoms with E-state index in [0.717, 1.165) is 30.4 Å². The highest BCUT2D eigenvalue weighted by atomic mass is 31.1. The first-order valence-corrected chi connectivity index (χ1v) is 21.7. The fourth-order valence-corrected chi connectivity index (χ4v) is 7.26. The van der Waals surface area contributed by atoms with E-state index in [0.29, 0.717) is 12.4 Å². The van der Waals surface area contributed by atoms with Crippen LogP contribution in [0.1, 0.15) is 232 Å². The van der Waals surface area contributed by atoms with Gasteiger partial charge in [-0.15, -0.1) is 9.42 Å². The SMILES string of the molecule is CC(C)(C)c1cc(CCCCCCCCCCCCCCCCCCCCCCCCCCCCCO[P+](=O)O)cc(C(C)(C)C)c1O. The third kappa shape index (κ3) is 24.2. The molecule has 0 spiro atoms. The Morgan fingerprint density at radius 2 is 0.729 bits per heavy atom. The van der Waals surface area contributed by atoms with Crippen molar-refractivity contribution < 1.29 is 19.1 Å². The van der Waals surface area contributed by atoms with Crippen LogP contribution < -0.4 is 0 Å². The minimum absolute atomic E-state index is 0.0455. The Morgan fingerprint density at radius 3 is 0.979 bits per heavy atom. The van der Waals surface area contributed by atoms with Crippen molar-refractivity contribution in [1.29, 1.82) is 0 Å². The molecule has 0 aliphatic rings. The van der Waals surface area contributed by atoms with Crippen molar-refractivity contribution in [2.75, 3.05) is 6.61 Å². The first-order valence-electron chi connectivity index (χ1n) is 20.6. The zero-order valence-corrected chi connectivity index (χ0v) is 33.7. The first-order chi connectivity index (χ1) is 22.9. The second-order valence-corrected chi connectivity index (χ2v) is 17.6. The number of aryl methyl sites for hydroxylation is 1. The number of phenolic OH excluding ortho intramolecular Hbond substituents is 1. The summed E-state index contributed by atoms with van der Waals surface area (Å²) in [5, 5.41) is 11.0. The molecule has 5 heteroatoms. The predicted octanol–water partition coefficient (Wildman–Crippen LogP) is 14.7. The van der Waals surface area contributed by atoms with Gasteiger partial charge in [0.2, 0.25) is 0 Å². The van der Waals surface area contributed by atoms with Gasteiger partial charge in [-0.2, -0.15) is 0 Å². The maximum absolute atomic E-state index is 11.0. The van der Waals surface area contributed by atoms with Crippen LogP contribution in [0.5, 0.6) is 5.75 Å². The molecule has 1 aromatic carbocycles. The molecule has 0 radical (unpaired) electrons. The topological polar surface area (TPSA) is 66.8 Å². The molecule has 0 saturated heterocycles. The summed E-state index contributed by atoms with van der Waals surface area (Å²) >= 11 is 0. The van der Waals surface area contributed by atoms with E-state index < -0.39 is 8.25 Å². The van der Waals surface area contributed by atoms with Gasteiger partial charge in [0.15, 0.2) is 0 Å². The Labute approximate surface area is 300 Å². The molecule has 0 aliphatic carbocycles. The molecular formula is C43H80O4P+. The molecule has 0 heterocycles.